The van der Waals surface area contributed by atoms with Gasteiger partial charge in [0.1, 0.15) is 0 Å². The molecule has 0 aromatic heterocycles. The molecule has 22 heavy (non-hydrogen) atoms. The van der Waals surface area contributed by atoms with Crippen LogP contribution >= 0.6 is 0 Å². The van der Waals surface area contributed by atoms with Gasteiger partial charge in [0.05, 0.1) is 6.10 Å². The molecule has 1 aliphatic heterocycles. The Balaban J connectivity index is 2.32. The van der Waals surface area contributed by atoms with Crippen LogP contribution in [0.2, 0.25) is 0 Å². The van der Waals surface area contributed by atoms with Crippen LogP contribution in [0.1, 0.15) is 53.9 Å². The molecule has 0 saturated carbocycles. The van der Waals surface area contributed by atoms with E-state index in [2.05, 4.69) is 5.32 Å². The number of piperidine rings is 1. The highest BCUT2D eigenvalue weighted by atomic mass is 16.3. The lowest BCUT2D eigenvalue weighted by molar-refractivity contribution is -0.142. The Kier molecular flexibility index (Phi) is 6.85. The summed E-state index contributed by atoms with van der Waals surface area (Å²) in [6, 6.07) is 0. The van der Waals surface area contributed by atoms with E-state index in [0.29, 0.717) is 26.1 Å². The molecule has 0 spiro atoms. The first-order valence-electron chi connectivity index (χ1n) is 8.38. The number of nitrogens with one attached hydrogen (secondary N) is 1. The zero-order valence-corrected chi connectivity index (χ0v) is 14.7. The van der Waals surface area contributed by atoms with Gasteiger partial charge in [-0.15, -0.1) is 0 Å². The Morgan fingerprint density at radius 3 is 2.23 bits per heavy atom. The Bertz CT molecular complexity index is 380. The molecular formula is C17H32N2O3. The average molecular weight is 312 g/mol. The quantitative estimate of drug-likeness (QED) is 0.813. The van der Waals surface area contributed by atoms with Crippen LogP contribution < -0.4 is 5.32 Å². The Morgan fingerprint density at radius 2 is 1.77 bits per heavy atom. The van der Waals surface area contributed by atoms with Crippen LogP contribution in [0.4, 0.5) is 0 Å². The molecule has 1 saturated heterocycles. The number of nitrogens with zero attached hydrogens (tertiary/aromatic N) is 1. The number of aliphatic hydroxyl groups is 1. The highest BCUT2D eigenvalue weighted by Crippen LogP contribution is 2.23. The first-order chi connectivity index (χ1) is 10.1. The summed E-state index contributed by atoms with van der Waals surface area (Å²) in [5.74, 6) is 0.411. The second-order valence-electron chi connectivity index (χ2n) is 7.71. The molecule has 0 bridgehead atoms. The van der Waals surface area contributed by atoms with Crippen LogP contribution in [0.25, 0.3) is 0 Å². The molecular weight excluding hydrogens is 280 g/mol. The predicted octanol–water partition coefficient (Wildman–Crippen LogP) is 1.79. The van der Waals surface area contributed by atoms with Crippen LogP contribution in [0.15, 0.2) is 0 Å². The predicted molar refractivity (Wildman–Crippen MR) is 87.2 cm³/mol. The van der Waals surface area contributed by atoms with Crippen molar-refractivity contribution in [1.82, 2.24) is 10.2 Å². The molecule has 1 aliphatic rings. The summed E-state index contributed by atoms with van der Waals surface area (Å²) in [6.45, 7) is 11.5. The van der Waals surface area contributed by atoms with Gasteiger partial charge in [-0.1, -0.05) is 34.6 Å². The number of amides is 2. The van der Waals surface area contributed by atoms with Gasteiger partial charge in [0.2, 0.25) is 11.8 Å². The molecule has 1 heterocycles. The minimum atomic E-state index is -0.369. The van der Waals surface area contributed by atoms with E-state index < -0.39 is 0 Å². The van der Waals surface area contributed by atoms with Crippen LogP contribution in [0, 0.1) is 17.3 Å². The van der Waals surface area contributed by atoms with Crippen molar-refractivity contribution in [2.24, 2.45) is 17.3 Å². The monoisotopic (exact) mass is 312 g/mol. The number of hydrogen-bond acceptors (Lipinski definition) is 3. The second-order valence-corrected chi connectivity index (χ2v) is 7.71. The smallest absolute Gasteiger partial charge is 0.227 e. The molecule has 2 amide bonds. The van der Waals surface area contributed by atoms with Crippen molar-refractivity contribution in [2.75, 3.05) is 19.6 Å². The molecule has 5 nitrogen and oxygen atoms in total. The van der Waals surface area contributed by atoms with Crippen LogP contribution in [-0.4, -0.2) is 47.6 Å². The number of aliphatic hydroxyl groups excluding tert-OH is 1. The van der Waals surface area contributed by atoms with E-state index in [-0.39, 0.29) is 35.2 Å². The molecule has 0 aliphatic carbocycles. The number of likely N-dealkylation sites (tertiary alicyclic amines) is 1. The molecule has 1 rings (SSSR count). The van der Waals surface area contributed by atoms with Gasteiger partial charge in [0.15, 0.2) is 0 Å². The fraction of sp³-hybridized carbons (Fsp3) is 0.882. The summed E-state index contributed by atoms with van der Waals surface area (Å²) in [4.78, 5) is 26.2. The fourth-order valence-corrected chi connectivity index (χ4v) is 2.64. The first-order valence-corrected chi connectivity index (χ1v) is 8.38. The van der Waals surface area contributed by atoms with E-state index in [1.165, 1.54) is 0 Å². The van der Waals surface area contributed by atoms with Gasteiger partial charge in [-0.05, 0) is 25.2 Å². The third-order valence-corrected chi connectivity index (χ3v) is 4.30. The van der Waals surface area contributed by atoms with Crippen LogP contribution in [0.3, 0.4) is 0 Å². The zero-order chi connectivity index (χ0) is 16.9. The largest absolute Gasteiger partial charge is 0.393 e. The Labute approximate surface area is 134 Å². The third-order valence-electron chi connectivity index (χ3n) is 4.30. The SMILES string of the molecule is CC(C)C(O)CCNC(=O)C1CCN(C(=O)C(C)(C)C)CC1. The Morgan fingerprint density at radius 1 is 1.23 bits per heavy atom. The van der Waals surface area contributed by atoms with E-state index in [0.717, 1.165) is 12.8 Å². The van der Waals surface area contributed by atoms with Gasteiger partial charge in [0.25, 0.3) is 0 Å². The summed E-state index contributed by atoms with van der Waals surface area (Å²) in [7, 11) is 0. The van der Waals surface area contributed by atoms with Crippen molar-refractivity contribution in [3.8, 4) is 0 Å². The summed E-state index contributed by atoms with van der Waals surface area (Å²) in [6.07, 6.45) is 1.66. The number of carbonyl (C=O) groups excluding carboxylic acids is 2. The summed E-state index contributed by atoms with van der Waals surface area (Å²) in [5, 5.41) is 12.6. The van der Waals surface area contributed by atoms with Gasteiger partial charge in [-0.2, -0.15) is 0 Å². The van der Waals surface area contributed by atoms with Gasteiger partial charge in [-0.25, -0.2) is 0 Å². The lowest BCUT2D eigenvalue weighted by Crippen LogP contribution is -2.46. The molecule has 128 valence electrons. The molecule has 1 unspecified atom stereocenters. The van der Waals surface area contributed by atoms with E-state index in [1.807, 2.05) is 39.5 Å². The molecule has 1 atom stereocenters. The third kappa shape index (κ3) is 5.59. The van der Waals surface area contributed by atoms with Gasteiger partial charge in [-0.3, -0.25) is 9.59 Å². The lowest BCUT2D eigenvalue weighted by Gasteiger charge is -2.35. The minimum absolute atomic E-state index is 0.0137. The highest BCUT2D eigenvalue weighted by molar-refractivity contribution is 5.82. The van der Waals surface area contributed by atoms with Gasteiger partial charge in [0, 0.05) is 31.0 Å². The van der Waals surface area contributed by atoms with E-state index in [4.69, 9.17) is 0 Å². The Hall–Kier alpha value is -1.10. The van der Waals surface area contributed by atoms with Crippen molar-refractivity contribution < 1.29 is 14.7 Å². The fourth-order valence-electron chi connectivity index (χ4n) is 2.64. The van der Waals surface area contributed by atoms with E-state index in [9.17, 15) is 14.7 Å². The number of rotatable bonds is 5. The normalized spacial score (nSPS) is 18.4. The average Bonchev–Trinajstić information content (AvgIpc) is 2.45. The summed E-state index contributed by atoms with van der Waals surface area (Å²) < 4.78 is 0. The van der Waals surface area contributed by atoms with Gasteiger partial charge < -0.3 is 15.3 Å². The van der Waals surface area contributed by atoms with Crippen molar-refractivity contribution in [3.05, 3.63) is 0 Å². The summed E-state index contributed by atoms with van der Waals surface area (Å²) in [5.41, 5.74) is -0.359. The van der Waals surface area contributed by atoms with Crippen LogP contribution in [0.5, 0.6) is 0 Å². The number of hydrogen-bond donors (Lipinski definition) is 2. The van der Waals surface area contributed by atoms with Crippen molar-refractivity contribution in [2.45, 2.75) is 60.0 Å². The van der Waals surface area contributed by atoms with Crippen LogP contribution in [-0.2, 0) is 9.59 Å². The molecule has 0 aromatic carbocycles. The highest BCUT2D eigenvalue weighted by Gasteiger charge is 2.32. The minimum Gasteiger partial charge on any atom is -0.393 e. The molecule has 5 heteroatoms. The van der Waals surface area contributed by atoms with Gasteiger partial charge >= 0.3 is 0 Å². The molecule has 0 radical (unpaired) electrons. The van der Waals surface area contributed by atoms with Crippen molar-refractivity contribution in [1.29, 1.82) is 0 Å². The maximum Gasteiger partial charge on any atom is 0.227 e. The molecule has 1 fully saturated rings. The summed E-state index contributed by atoms with van der Waals surface area (Å²) >= 11 is 0. The molecule has 0 aromatic rings. The topological polar surface area (TPSA) is 69.6 Å². The number of carbonyl (C=O) groups is 2. The second kappa shape index (κ2) is 7.95. The maximum atomic E-state index is 12.2. The zero-order valence-electron chi connectivity index (χ0n) is 14.7. The first kappa shape index (κ1) is 18.9. The van der Waals surface area contributed by atoms with E-state index >= 15 is 0 Å². The maximum absolute atomic E-state index is 12.2. The molecule has 2 N–H and O–H groups in total. The standard InChI is InChI=1S/C17H32N2O3/c1-12(2)14(20)6-9-18-15(21)13-7-10-19(11-8-13)16(22)17(3,4)5/h12-14,20H,6-11H2,1-5H3,(H,18,21). The van der Waals surface area contributed by atoms with Crippen molar-refractivity contribution in [3.63, 3.8) is 0 Å². The lowest BCUT2D eigenvalue weighted by atomic mass is 9.90. The van der Waals surface area contributed by atoms with E-state index in [1.54, 1.807) is 0 Å². The van der Waals surface area contributed by atoms with Crippen molar-refractivity contribution >= 4 is 11.8 Å².